The monoisotopic (exact) mass is 221 g/mol. The molecule has 82 valence electrons. The standard InChI is InChI=1S/C8H7N5O3/c9-2-5-1-6(13(15)16)3-11-8(5)12-4-7(10)14/h1,3H,4H2,(H2,10,14)(H,11,12). The molecule has 0 bridgehead atoms. The molecule has 0 aliphatic heterocycles. The van der Waals surface area contributed by atoms with Crippen LogP contribution in [0.25, 0.3) is 0 Å². The zero-order chi connectivity index (χ0) is 12.1. The van der Waals surface area contributed by atoms with Crippen molar-refractivity contribution < 1.29 is 9.72 Å². The van der Waals surface area contributed by atoms with E-state index in [2.05, 4.69) is 10.3 Å². The number of nitriles is 1. The van der Waals surface area contributed by atoms with Crippen molar-refractivity contribution in [2.45, 2.75) is 0 Å². The van der Waals surface area contributed by atoms with E-state index in [4.69, 9.17) is 11.0 Å². The highest BCUT2D eigenvalue weighted by atomic mass is 16.6. The summed E-state index contributed by atoms with van der Waals surface area (Å²) in [6.07, 6.45) is 0.990. The maximum atomic E-state index is 10.5. The fraction of sp³-hybridized carbons (Fsp3) is 0.125. The van der Waals surface area contributed by atoms with Crippen LogP contribution in [0, 0.1) is 21.4 Å². The number of anilines is 1. The summed E-state index contributed by atoms with van der Waals surface area (Å²) in [5.74, 6) is -0.532. The predicted molar refractivity (Wildman–Crippen MR) is 53.3 cm³/mol. The fourth-order valence-corrected chi connectivity index (χ4v) is 0.951. The van der Waals surface area contributed by atoms with Gasteiger partial charge in [-0.05, 0) is 0 Å². The number of carbonyl (C=O) groups is 1. The minimum atomic E-state index is -0.661. The van der Waals surface area contributed by atoms with Gasteiger partial charge in [0, 0.05) is 6.07 Å². The summed E-state index contributed by atoms with van der Waals surface area (Å²) in [5.41, 5.74) is 4.58. The van der Waals surface area contributed by atoms with Gasteiger partial charge in [-0.3, -0.25) is 14.9 Å². The smallest absolute Gasteiger partial charge is 0.289 e. The second-order valence-electron chi connectivity index (χ2n) is 2.78. The Kier molecular flexibility index (Phi) is 3.34. The number of nitro groups is 1. The third-order valence-corrected chi connectivity index (χ3v) is 1.63. The summed E-state index contributed by atoms with van der Waals surface area (Å²) in [5, 5.41) is 21.6. The Morgan fingerprint density at radius 2 is 2.44 bits per heavy atom. The maximum absolute atomic E-state index is 10.5. The highest BCUT2D eigenvalue weighted by Crippen LogP contribution is 2.17. The Morgan fingerprint density at radius 1 is 1.75 bits per heavy atom. The number of hydrogen-bond acceptors (Lipinski definition) is 6. The van der Waals surface area contributed by atoms with Crippen LogP contribution in [0.15, 0.2) is 12.3 Å². The van der Waals surface area contributed by atoms with E-state index in [9.17, 15) is 14.9 Å². The van der Waals surface area contributed by atoms with Crippen molar-refractivity contribution in [3.05, 3.63) is 27.9 Å². The summed E-state index contributed by atoms with van der Waals surface area (Å²) in [4.78, 5) is 23.9. The molecule has 0 aliphatic rings. The number of nitrogens with zero attached hydrogens (tertiary/aromatic N) is 3. The summed E-state index contributed by atoms with van der Waals surface area (Å²) < 4.78 is 0. The summed E-state index contributed by atoms with van der Waals surface area (Å²) in [6.45, 7) is -0.195. The van der Waals surface area contributed by atoms with Gasteiger partial charge in [-0.1, -0.05) is 0 Å². The molecule has 0 unspecified atom stereocenters. The molecular formula is C8H7N5O3. The van der Waals surface area contributed by atoms with Gasteiger partial charge in [-0.25, -0.2) is 4.98 Å². The molecule has 0 spiro atoms. The molecule has 3 N–H and O–H groups in total. The van der Waals surface area contributed by atoms with Gasteiger partial charge in [-0.2, -0.15) is 5.26 Å². The second-order valence-corrected chi connectivity index (χ2v) is 2.78. The van der Waals surface area contributed by atoms with E-state index in [-0.39, 0.29) is 23.6 Å². The van der Waals surface area contributed by atoms with Gasteiger partial charge < -0.3 is 11.1 Å². The molecule has 0 saturated heterocycles. The minimum Gasteiger partial charge on any atom is -0.368 e. The minimum absolute atomic E-state index is 0.0181. The van der Waals surface area contributed by atoms with E-state index in [0.717, 1.165) is 12.3 Å². The Bertz CT molecular complexity index is 479. The molecule has 1 aromatic rings. The molecule has 1 heterocycles. The molecule has 0 saturated carbocycles. The van der Waals surface area contributed by atoms with Crippen molar-refractivity contribution in [2.24, 2.45) is 5.73 Å². The molecule has 0 atom stereocenters. The largest absolute Gasteiger partial charge is 0.368 e. The van der Waals surface area contributed by atoms with Crippen LogP contribution in [0.4, 0.5) is 11.5 Å². The van der Waals surface area contributed by atoms with Crippen molar-refractivity contribution in [2.75, 3.05) is 11.9 Å². The molecule has 0 radical (unpaired) electrons. The molecule has 1 rings (SSSR count). The molecule has 16 heavy (non-hydrogen) atoms. The number of hydrogen-bond donors (Lipinski definition) is 2. The van der Waals surface area contributed by atoms with Gasteiger partial charge in [0.15, 0.2) is 0 Å². The Labute approximate surface area is 89.8 Å². The topological polar surface area (TPSA) is 135 Å². The van der Waals surface area contributed by atoms with Crippen LogP contribution in [0.5, 0.6) is 0 Å². The zero-order valence-corrected chi connectivity index (χ0v) is 8.01. The molecule has 0 aliphatic carbocycles. The zero-order valence-electron chi connectivity index (χ0n) is 8.01. The third-order valence-electron chi connectivity index (χ3n) is 1.63. The van der Waals surface area contributed by atoms with E-state index < -0.39 is 10.8 Å². The average Bonchev–Trinajstić information content (AvgIpc) is 2.25. The number of aromatic nitrogens is 1. The normalized spacial score (nSPS) is 9.19. The first kappa shape index (κ1) is 11.4. The van der Waals surface area contributed by atoms with Crippen LogP contribution < -0.4 is 11.1 Å². The molecule has 0 fully saturated rings. The van der Waals surface area contributed by atoms with Gasteiger partial charge in [0.1, 0.15) is 23.6 Å². The first-order chi connectivity index (χ1) is 7.54. The van der Waals surface area contributed by atoms with E-state index in [1.807, 2.05) is 0 Å². The van der Waals surface area contributed by atoms with Gasteiger partial charge in [0.05, 0.1) is 11.5 Å². The van der Waals surface area contributed by atoms with E-state index in [1.54, 1.807) is 6.07 Å². The highest BCUT2D eigenvalue weighted by Gasteiger charge is 2.12. The first-order valence-corrected chi connectivity index (χ1v) is 4.11. The van der Waals surface area contributed by atoms with Gasteiger partial charge >= 0.3 is 0 Å². The van der Waals surface area contributed by atoms with Crippen LogP contribution in [-0.2, 0) is 4.79 Å². The second kappa shape index (κ2) is 4.70. The van der Waals surface area contributed by atoms with Crippen LogP contribution in [0.3, 0.4) is 0 Å². The van der Waals surface area contributed by atoms with Crippen LogP contribution >= 0.6 is 0 Å². The lowest BCUT2D eigenvalue weighted by atomic mass is 10.2. The molecule has 8 heteroatoms. The quantitative estimate of drug-likeness (QED) is 0.532. The number of carbonyl (C=O) groups excluding carboxylic acids is 1. The lowest BCUT2D eigenvalue weighted by Crippen LogP contribution is -2.22. The van der Waals surface area contributed by atoms with Crippen molar-refractivity contribution >= 4 is 17.4 Å². The molecular weight excluding hydrogens is 214 g/mol. The number of primary amides is 1. The van der Waals surface area contributed by atoms with Crippen molar-refractivity contribution in [3.63, 3.8) is 0 Å². The number of nitrogens with two attached hydrogens (primary N) is 1. The number of rotatable bonds is 4. The molecule has 8 nitrogen and oxygen atoms in total. The number of amides is 1. The summed E-state index contributed by atoms with van der Waals surface area (Å²) in [7, 11) is 0. The van der Waals surface area contributed by atoms with Crippen LogP contribution in [0.1, 0.15) is 5.56 Å². The maximum Gasteiger partial charge on any atom is 0.289 e. The average molecular weight is 221 g/mol. The summed E-state index contributed by atoms with van der Waals surface area (Å²) in [6, 6.07) is 2.80. The van der Waals surface area contributed by atoms with Crippen LogP contribution in [-0.4, -0.2) is 22.4 Å². The van der Waals surface area contributed by atoms with E-state index in [0.29, 0.717) is 0 Å². The van der Waals surface area contributed by atoms with Crippen molar-refractivity contribution in [1.82, 2.24) is 4.98 Å². The predicted octanol–water partition coefficient (Wildman–Crippen LogP) is -0.241. The number of nitrogens with one attached hydrogen (secondary N) is 1. The SMILES string of the molecule is N#Cc1cc([N+](=O)[O-])cnc1NCC(N)=O. The third kappa shape index (κ3) is 2.65. The molecule has 1 aromatic heterocycles. The van der Waals surface area contributed by atoms with Crippen molar-refractivity contribution in [1.29, 1.82) is 5.26 Å². The number of pyridine rings is 1. The Balaban J connectivity index is 2.99. The summed E-state index contributed by atoms with van der Waals surface area (Å²) >= 11 is 0. The Morgan fingerprint density at radius 3 is 2.94 bits per heavy atom. The lowest BCUT2D eigenvalue weighted by molar-refractivity contribution is -0.385. The highest BCUT2D eigenvalue weighted by molar-refractivity contribution is 5.79. The van der Waals surface area contributed by atoms with Gasteiger partial charge in [0.2, 0.25) is 5.91 Å². The van der Waals surface area contributed by atoms with Crippen molar-refractivity contribution in [3.8, 4) is 6.07 Å². The Hall–Kier alpha value is -2.69. The lowest BCUT2D eigenvalue weighted by Gasteiger charge is -2.03. The first-order valence-electron chi connectivity index (χ1n) is 4.11. The molecule has 1 amide bonds. The van der Waals surface area contributed by atoms with E-state index >= 15 is 0 Å². The van der Waals surface area contributed by atoms with E-state index in [1.165, 1.54) is 0 Å². The van der Waals surface area contributed by atoms with Crippen LogP contribution in [0.2, 0.25) is 0 Å². The molecule has 0 aromatic carbocycles. The fourth-order valence-electron chi connectivity index (χ4n) is 0.951. The van der Waals surface area contributed by atoms with Gasteiger partial charge in [0.25, 0.3) is 5.69 Å². The van der Waals surface area contributed by atoms with Gasteiger partial charge in [-0.15, -0.1) is 0 Å².